The van der Waals surface area contributed by atoms with Crippen molar-refractivity contribution in [3.8, 4) is 5.88 Å². The average Bonchev–Trinajstić information content (AvgIpc) is 3.12. The second kappa shape index (κ2) is 15.6. The van der Waals surface area contributed by atoms with E-state index in [9.17, 15) is 9.59 Å². The number of carbonyl (C=O) groups is 2. The van der Waals surface area contributed by atoms with Gasteiger partial charge in [0.25, 0.3) is 11.8 Å². The maximum absolute atomic E-state index is 12.3. The van der Waals surface area contributed by atoms with Crippen molar-refractivity contribution in [1.29, 1.82) is 0 Å². The Hall–Kier alpha value is -2.33. The number of amides is 2. The number of unbranched alkanes of at least 4 members (excludes halogenated alkanes) is 2. The monoisotopic (exact) mass is 548 g/mol. The van der Waals surface area contributed by atoms with Gasteiger partial charge in [-0.2, -0.15) is 0 Å². The smallest absolute Gasteiger partial charge is 0.261 e. The summed E-state index contributed by atoms with van der Waals surface area (Å²) in [6.45, 7) is 4.77. The van der Waals surface area contributed by atoms with Crippen LogP contribution in [0.25, 0.3) is 0 Å². The van der Waals surface area contributed by atoms with E-state index in [1.165, 1.54) is 4.90 Å². The fourth-order valence-corrected chi connectivity index (χ4v) is 3.78. The van der Waals surface area contributed by atoms with E-state index < -0.39 is 0 Å². The molecule has 0 N–H and O–H groups in total. The molecule has 1 aromatic heterocycles. The average molecular weight is 549 g/mol. The van der Waals surface area contributed by atoms with Gasteiger partial charge in [-0.3, -0.25) is 14.5 Å². The van der Waals surface area contributed by atoms with Crippen molar-refractivity contribution >= 4 is 27.7 Å². The predicted molar refractivity (Wildman–Crippen MR) is 135 cm³/mol. The molecule has 1 aromatic carbocycles. The fourth-order valence-electron chi connectivity index (χ4n) is 3.55. The van der Waals surface area contributed by atoms with Crippen LogP contribution in [0.15, 0.2) is 47.1 Å². The van der Waals surface area contributed by atoms with Crippen molar-refractivity contribution in [2.24, 2.45) is 0 Å². The topological polar surface area (TPSA) is 87.2 Å². The van der Waals surface area contributed by atoms with Crippen LogP contribution in [-0.2, 0) is 14.2 Å². The molecule has 0 saturated heterocycles. The van der Waals surface area contributed by atoms with Crippen molar-refractivity contribution in [2.75, 3.05) is 52.8 Å². The summed E-state index contributed by atoms with van der Waals surface area (Å²) >= 11 is 3.34. The third-order valence-corrected chi connectivity index (χ3v) is 5.85. The van der Waals surface area contributed by atoms with E-state index in [1.807, 2.05) is 12.1 Å². The molecule has 8 nitrogen and oxygen atoms in total. The van der Waals surface area contributed by atoms with Crippen LogP contribution < -0.4 is 4.74 Å². The van der Waals surface area contributed by atoms with Crippen molar-refractivity contribution in [2.45, 2.75) is 32.1 Å². The highest BCUT2D eigenvalue weighted by atomic mass is 79.9. The highest BCUT2D eigenvalue weighted by Crippen LogP contribution is 2.22. The minimum Gasteiger partial charge on any atom is -0.475 e. The van der Waals surface area contributed by atoms with Crippen LogP contribution in [0, 0.1) is 0 Å². The number of aromatic nitrogens is 1. The van der Waals surface area contributed by atoms with E-state index in [4.69, 9.17) is 18.9 Å². The summed E-state index contributed by atoms with van der Waals surface area (Å²) in [5, 5.41) is 0. The summed E-state index contributed by atoms with van der Waals surface area (Å²) in [6.07, 6.45) is 5.98. The Morgan fingerprint density at radius 1 is 0.686 bits per heavy atom. The van der Waals surface area contributed by atoms with Crippen LogP contribution in [0.3, 0.4) is 0 Å². The number of hydrogen-bond donors (Lipinski definition) is 0. The molecule has 0 atom stereocenters. The van der Waals surface area contributed by atoms with Crippen LogP contribution in [0.5, 0.6) is 5.88 Å². The maximum atomic E-state index is 12.3. The van der Waals surface area contributed by atoms with Crippen LogP contribution in [0.1, 0.15) is 52.8 Å². The lowest BCUT2D eigenvalue weighted by Gasteiger charge is -2.13. The molecule has 2 heterocycles. The van der Waals surface area contributed by atoms with Crippen molar-refractivity contribution in [1.82, 2.24) is 9.88 Å². The lowest BCUT2D eigenvalue weighted by molar-refractivity contribution is 0.0621. The van der Waals surface area contributed by atoms with E-state index in [1.54, 1.807) is 30.5 Å². The second-order valence-corrected chi connectivity index (χ2v) is 8.99. The fraction of sp³-hybridized carbons (Fsp3) is 0.500. The number of rotatable bonds is 18. The van der Waals surface area contributed by atoms with Gasteiger partial charge in [-0.05, 0) is 66.2 Å². The van der Waals surface area contributed by atoms with E-state index in [0.29, 0.717) is 69.8 Å². The third-order valence-electron chi connectivity index (χ3n) is 5.38. The van der Waals surface area contributed by atoms with E-state index in [2.05, 4.69) is 20.9 Å². The van der Waals surface area contributed by atoms with Gasteiger partial charge in [0.2, 0.25) is 5.88 Å². The van der Waals surface area contributed by atoms with E-state index >= 15 is 0 Å². The molecule has 2 aromatic rings. The molecule has 0 spiro atoms. The zero-order valence-electron chi connectivity index (χ0n) is 20.0. The first-order valence-electron chi connectivity index (χ1n) is 12.1. The summed E-state index contributed by atoms with van der Waals surface area (Å²) in [4.78, 5) is 30.1. The molecule has 35 heavy (non-hydrogen) atoms. The number of nitrogens with zero attached hydrogens (tertiary/aromatic N) is 2. The Bertz CT molecular complexity index is 889. The third kappa shape index (κ3) is 9.33. The van der Waals surface area contributed by atoms with Gasteiger partial charge in [-0.15, -0.1) is 0 Å². The van der Waals surface area contributed by atoms with Gasteiger partial charge in [0.15, 0.2) is 0 Å². The predicted octanol–water partition coefficient (Wildman–Crippen LogP) is 4.52. The lowest BCUT2D eigenvalue weighted by Crippen LogP contribution is -2.30. The van der Waals surface area contributed by atoms with Gasteiger partial charge in [0.05, 0.1) is 17.7 Å². The highest BCUT2D eigenvalue weighted by molar-refractivity contribution is 9.10. The van der Waals surface area contributed by atoms with Gasteiger partial charge >= 0.3 is 0 Å². The quantitative estimate of drug-likeness (QED) is 0.200. The zero-order valence-corrected chi connectivity index (χ0v) is 21.5. The summed E-state index contributed by atoms with van der Waals surface area (Å²) in [6, 6.07) is 10.7. The molecule has 0 radical (unpaired) electrons. The number of imide groups is 1. The molecule has 1 aliphatic heterocycles. The summed E-state index contributed by atoms with van der Waals surface area (Å²) in [5.74, 6) is 0.201. The molecule has 0 saturated carbocycles. The lowest BCUT2D eigenvalue weighted by atomic mass is 10.1. The van der Waals surface area contributed by atoms with Crippen molar-refractivity contribution in [3.63, 3.8) is 0 Å². The minimum atomic E-state index is -0.196. The van der Waals surface area contributed by atoms with Gasteiger partial charge in [-0.1, -0.05) is 12.1 Å². The Kier molecular flexibility index (Phi) is 12.2. The van der Waals surface area contributed by atoms with Crippen LogP contribution in [0.4, 0.5) is 0 Å². The van der Waals surface area contributed by atoms with Gasteiger partial charge < -0.3 is 18.9 Å². The standard InChI is InChI=1S/C26H33BrN2O6/c27-21-10-11-24(28-20-21)35-19-18-34-15-6-5-14-33-17-7-16-32-13-4-3-12-29-25(30)22-8-1-2-9-23(22)26(29)31/h1-2,8-11,20H,3-7,12-19H2. The van der Waals surface area contributed by atoms with Crippen molar-refractivity contribution in [3.05, 3.63) is 58.2 Å². The normalized spacial score (nSPS) is 12.9. The first kappa shape index (κ1) is 27.3. The second-order valence-electron chi connectivity index (χ2n) is 8.08. The number of ether oxygens (including phenoxy) is 4. The summed E-state index contributed by atoms with van der Waals surface area (Å²) in [5.41, 5.74) is 1.00. The van der Waals surface area contributed by atoms with Crippen molar-refractivity contribution < 1.29 is 28.5 Å². The molecular weight excluding hydrogens is 516 g/mol. The van der Waals surface area contributed by atoms with Gasteiger partial charge in [0.1, 0.15) is 6.61 Å². The number of pyridine rings is 1. The van der Waals surface area contributed by atoms with Gasteiger partial charge in [-0.25, -0.2) is 4.98 Å². The van der Waals surface area contributed by atoms with Crippen LogP contribution >= 0.6 is 15.9 Å². The number of fused-ring (bicyclic) bond motifs is 1. The summed E-state index contributed by atoms with van der Waals surface area (Å²) in [7, 11) is 0. The number of halogens is 1. The highest BCUT2D eigenvalue weighted by Gasteiger charge is 2.34. The molecule has 0 aliphatic carbocycles. The SMILES string of the molecule is O=C1c2ccccc2C(=O)N1CCCCOCCCOCCCCOCCOc1ccc(Br)cn1. The molecule has 3 rings (SSSR count). The number of hydrogen-bond acceptors (Lipinski definition) is 7. The Labute approximate surface area is 215 Å². The first-order valence-corrected chi connectivity index (χ1v) is 12.9. The minimum absolute atomic E-state index is 0.196. The van der Waals surface area contributed by atoms with E-state index in [-0.39, 0.29) is 11.8 Å². The molecule has 0 fully saturated rings. The van der Waals surface area contributed by atoms with Crippen LogP contribution in [0.2, 0.25) is 0 Å². The molecule has 190 valence electrons. The number of carbonyl (C=O) groups excluding carboxylic acids is 2. The Morgan fingerprint density at radius 2 is 1.26 bits per heavy atom. The van der Waals surface area contributed by atoms with Gasteiger partial charge in [0, 0.05) is 56.3 Å². The molecule has 1 aliphatic rings. The number of benzene rings is 1. The first-order chi connectivity index (χ1) is 17.2. The molecule has 2 amide bonds. The Morgan fingerprint density at radius 3 is 1.86 bits per heavy atom. The maximum Gasteiger partial charge on any atom is 0.261 e. The molecule has 9 heteroatoms. The summed E-state index contributed by atoms with van der Waals surface area (Å²) < 4.78 is 23.2. The zero-order chi connectivity index (χ0) is 24.7. The van der Waals surface area contributed by atoms with Crippen LogP contribution in [-0.4, -0.2) is 74.5 Å². The Balaban J connectivity index is 1.05. The molecular formula is C26H33BrN2O6. The van der Waals surface area contributed by atoms with E-state index in [0.717, 1.165) is 36.6 Å². The largest absolute Gasteiger partial charge is 0.475 e. The molecule has 0 unspecified atom stereocenters. The molecule has 0 bridgehead atoms.